The zero-order valence-corrected chi connectivity index (χ0v) is 23.8. The molecule has 5 nitrogen and oxygen atoms in total. The third kappa shape index (κ3) is 6.92. The van der Waals surface area contributed by atoms with Crippen molar-refractivity contribution in [3.8, 4) is 0 Å². The number of ether oxygens (including phenoxy) is 1. The summed E-state index contributed by atoms with van der Waals surface area (Å²) in [5.41, 5.74) is 3.91. The van der Waals surface area contributed by atoms with Gasteiger partial charge < -0.3 is 20.4 Å². The normalized spacial score (nSPS) is 11.2. The molecule has 36 heavy (non-hydrogen) atoms. The largest absolute Gasteiger partial charge is 0.444 e. The lowest BCUT2D eigenvalue weighted by Gasteiger charge is -2.19. The van der Waals surface area contributed by atoms with Crippen LogP contribution >= 0.6 is 46.4 Å². The number of carbonyl (C=O) groups is 1. The van der Waals surface area contributed by atoms with Crippen molar-refractivity contribution < 1.29 is 9.53 Å². The molecule has 192 valence electrons. The van der Waals surface area contributed by atoms with Crippen LogP contribution < -0.4 is 10.6 Å². The molecule has 0 unspecified atom stereocenters. The van der Waals surface area contributed by atoms with Gasteiger partial charge in [0.2, 0.25) is 0 Å². The van der Waals surface area contributed by atoms with Gasteiger partial charge in [0.15, 0.2) is 0 Å². The van der Waals surface area contributed by atoms with Crippen LogP contribution in [0.25, 0.3) is 21.8 Å². The molecule has 0 saturated carbocycles. The van der Waals surface area contributed by atoms with Crippen molar-refractivity contribution in [1.82, 2.24) is 10.3 Å². The lowest BCUT2D eigenvalue weighted by atomic mass is 10.0. The number of nitrogens with one attached hydrogen (secondary N) is 3. The number of carbonyl (C=O) groups excluding carboxylic acids is 1. The van der Waals surface area contributed by atoms with Crippen LogP contribution in [0.5, 0.6) is 0 Å². The van der Waals surface area contributed by atoms with Gasteiger partial charge >= 0.3 is 6.09 Å². The molecule has 0 saturated heterocycles. The average molecular weight is 569 g/mol. The Hall–Kier alpha value is -2.31. The first-order valence-electron chi connectivity index (χ1n) is 11.6. The van der Waals surface area contributed by atoms with E-state index in [0.717, 1.165) is 38.7 Å². The minimum atomic E-state index is -0.559. The Morgan fingerprint density at radius 1 is 0.861 bits per heavy atom. The van der Waals surface area contributed by atoms with Gasteiger partial charge in [-0.3, -0.25) is 0 Å². The number of hydrogen-bond acceptors (Lipinski definition) is 3. The highest BCUT2D eigenvalue weighted by atomic mass is 35.5. The molecule has 0 aliphatic heterocycles. The highest BCUT2D eigenvalue weighted by molar-refractivity contribution is 6.43. The minimum absolute atomic E-state index is 0.400. The van der Waals surface area contributed by atoms with Crippen molar-refractivity contribution in [3.63, 3.8) is 0 Å². The van der Waals surface area contributed by atoms with Crippen LogP contribution in [0, 0.1) is 0 Å². The van der Waals surface area contributed by atoms with Gasteiger partial charge in [0.05, 0.1) is 20.1 Å². The first-order valence-corrected chi connectivity index (χ1v) is 13.1. The number of aromatic nitrogens is 1. The number of halogens is 4. The predicted octanol–water partition coefficient (Wildman–Crippen LogP) is 9.77. The molecule has 3 N–H and O–H groups in total. The molecule has 3 aromatic carbocycles. The summed E-state index contributed by atoms with van der Waals surface area (Å²) in [4.78, 5) is 15.5. The zero-order valence-electron chi connectivity index (χ0n) is 20.8. The first-order chi connectivity index (χ1) is 17.0. The summed E-state index contributed by atoms with van der Waals surface area (Å²) >= 11 is 24.8. The van der Waals surface area contributed by atoms with Crippen LogP contribution in [-0.4, -0.2) is 23.2 Å². The molecule has 0 atom stereocenters. The standard InChI is InChI=1S/C25H23Cl4N3O2.C2H6/c1-25(2,3)34-24(33)30-7-6-13-8-15(31-14-4-5-18(26)19(27)10-14)9-17-16-11-20(28)21(29)12-22(16)32-23(13)17;1-2/h4-5,8-12,31-32H,6-7H2,1-3H3,(H,30,33);1-2H3. The van der Waals surface area contributed by atoms with E-state index in [9.17, 15) is 4.79 Å². The molecule has 0 spiro atoms. The van der Waals surface area contributed by atoms with Crippen LogP contribution in [0.3, 0.4) is 0 Å². The number of fused-ring (bicyclic) bond motifs is 3. The second kappa shape index (κ2) is 11.8. The Bertz CT molecular complexity index is 1390. The van der Waals surface area contributed by atoms with Crippen LogP contribution in [0.15, 0.2) is 42.5 Å². The van der Waals surface area contributed by atoms with Crippen molar-refractivity contribution in [2.75, 3.05) is 11.9 Å². The fourth-order valence-corrected chi connectivity index (χ4v) is 4.32. The van der Waals surface area contributed by atoms with Crippen molar-refractivity contribution in [3.05, 3.63) is 68.1 Å². The summed E-state index contributed by atoms with van der Waals surface area (Å²) in [6.07, 6.45) is 0.116. The Labute approximate surface area is 231 Å². The quantitative estimate of drug-likeness (QED) is 0.224. The minimum Gasteiger partial charge on any atom is -0.444 e. The fraction of sp³-hybridized carbons (Fsp3) is 0.296. The molecule has 9 heteroatoms. The molecule has 0 fully saturated rings. The van der Waals surface area contributed by atoms with E-state index in [0.29, 0.717) is 33.1 Å². The molecule has 1 aromatic heterocycles. The van der Waals surface area contributed by atoms with E-state index in [1.807, 2.05) is 65.0 Å². The number of rotatable bonds is 5. The molecular weight excluding hydrogens is 540 g/mol. The smallest absolute Gasteiger partial charge is 0.407 e. The fourth-order valence-electron chi connectivity index (χ4n) is 3.69. The van der Waals surface area contributed by atoms with E-state index >= 15 is 0 Å². The molecular formula is C27H29Cl4N3O2. The Morgan fingerprint density at radius 3 is 2.19 bits per heavy atom. The van der Waals surface area contributed by atoms with Crippen LogP contribution in [0.1, 0.15) is 40.2 Å². The third-order valence-electron chi connectivity index (χ3n) is 5.10. The lowest BCUT2D eigenvalue weighted by Crippen LogP contribution is -2.33. The lowest BCUT2D eigenvalue weighted by molar-refractivity contribution is 0.0528. The number of aromatic amines is 1. The van der Waals surface area contributed by atoms with Crippen molar-refractivity contribution in [2.45, 2.75) is 46.6 Å². The average Bonchev–Trinajstić information content (AvgIpc) is 3.14. The van der Waals surface area contributed by atoms with Gasteiger partial charge in [-0.2, -0.15) is 0 Å². The van der Waals surface area contributed by atoms with Gasteiger partial charge in [-0.05, 0) is 75.2 Å². The number of hydrogen-bond donors (Lipinski definition) is 3. The highest BCUT2D eigenvalue weighted by Gasteiger charge is 2.17. The molecule has 1 heterocycles. The molecule has 0 aliphatic carbocycles. The van der Waals surface area contributed by atoms with E-state index in [2.05, 4.69) is 15.6 Å². The van der Waals surface area contributed by atoms with E-state index < -0.39 is 11.7 Å². The van der Waals surface area contributed by atoms with Gasteiger partial charge in [0.25, 0.3) is 0 Å². The molecule has 4 aromatic rings. The summed E-state index contributed by atoms with van der Waals surface area (Å²) in [7, 11) is 0. The summed E-state index contributed by atoms with van der Waals surface area (Å²) < 4.78 is 5.34. The topological polar surface area (TPSA) is 66.2 Å². The van der Waals surface area contributed by atoms with Crippen LogP contribution in [0.4, 0.5) is 16.2 Å². The van der Waals surface area contributed by atoms with Crippen molar-refractivity contribution in [1.29, 1.82) is 0 Å². The van der Waals surface area contributed by atoms with Gasteiger partial charge in [-0.1, -0.05) is 60.3 Å². The highest BCUT2D eigenvalue weighted by Crippen LogP contribution is 2.36. The number of alkyl carbamates (subject to hydrolysis) is 1. The zero-order chi connectivity index (χ0) is 26.6. The monoisotopic (exact) mass is 567 g/mol. The van der Waals surface area contributed by atoms with Crippen molar-refractivity contribution in [2.24, 2.45) is 0 Å². The number of H-pyrrole nitrogens is 1. The predicted molar refractivity (Wildman–Crippen MR) is 155 cm³/mol. The Balaban J connectivity index is 0.00000176. The molecule has 4 rings (SSSR count). The van der Waals surface area contributed by atoms with Gasteiger partial charge in [-0.25, -0.2) is 4.79 Å². The number of amides is 1. The summed E-state index contributed by atoms with van der Waals surface area (Å²) in [5, 5.41) is 10.0. The maximum atomic E-state index is 12.1. The van der Waals surface area contributed by atoms with E-state index in [1.165, 1.54) is 0 Å². The maximum absolute atomic E-state index is 12.1. The summed E-state index contributed by atoms with van der Waals surface area (Å²) in [5.74, 6) is 0. The SMILES string of the molecule is CC.CC(C)(C)OC(=O)NCCc1cc(Nc2ccc(Cl)c(Cl)c2)cc2c1[nH]c1cc(Cl)c(Cl)cc12. The van der Waals surface area contributed by atoms with E-state index in [1.54, 1.807) is 12.1 Å². The van der Waals surface area contributed by atoms with Gasteiger partial charge in [0.1, 0.15) is 5.60 Å². The van der Waals surface area contributed by atoms with Gasteiger partial charge in [-0.15, -0.1) is 0 Å². The molecule has 1 amide bonds. The number of anilines is 2. The summed E-state index contributed by atoms with van der Waals surface area (Å²) in [6.45, 7) is 9.89. The van der Waals surface area contributed by atoms with Crippen LogP contribution in [0.2, 0.25) is 20.1 Å². The second-order valence-corrected chi connectivity index (χ2v) is 10.6. The van der Waals surface area contributed by atoms with E-state index in [4.69, 9.17) is 51.1 Å². The maximum Gasteiger partial charge on any atom is 0.407 e. The number of benzene rings is 3. The van der Waals surface area contributed by atoms with E-state index in [-0.39, 0.29) is 0 Å². The van der Waals surface area contributed by atoms with Gasteiger partial charge in [0, 0.05) is 39.7 Å². The summed E-state index contributed by atoms with van der Waals surface area (Å²) in [6, 6.07) is 13.1. The Kier molecular flexibility index (Phi) is 9.28. The first kappa shape index (κ1) is 28.3. The molecule has 0 aliphatic rings. The van der Waals surface area contributed by atoms with Crippen LogP contribution in [-0.2, 0) is 11.2 Å². The van der Waals surface area contributed by atoms with Crippen molar-refractivity contribution >= 4 is 85.7 Å². The molecule has 0 bridgehead atoms. The second-order valence-electron chi connectivity index (χ2n) is 8.93. The Morgan fingerprint density at radius 2 is 1.53 bits per heavy atom. The molecule has 0 radical (unpaired) electrons. The third-order valence-corrected chi connectivity index (χ3v) is 6.56.